The molecule has 0 heterocycles. The van der Waals surface area contributed by atoms with Crippen LogP contribution in [0.15, 0.2) is 0 Å². The van der Waals surface area contributed by atoms with Crippen molar-refractivity contribution in [2.24, 2.45) is 11.1 Å². The molecule has 18 heavy (non-hydrogen) atoms. The number of carboxylic acid groups (broad SMARTS) is 1. The van der Waals surface area contributed by atoms with E-state index in [4.69, 9.17) is 10.8 Å². The van der Waals surface area contributed by atoms with Gasteiger partial charge in [0.15, 0.2) is 0 Å². The number of nitrogens with one attached hydrogen (secondary N) is 1. The zero-order valence-corrected chi connectivity index (χ0v) is 11.5. The highest BCUT2D eigenvalue weighted by atomic mass is 16.4. The van der Waals surface area contributed by atoms with E-state index in [1.165, 1.54) is 0 Å². The summed E-state index contributed by atoms with van der Waals surface area (Å²) in [5.41, 5.74) is 5.16. The number of carbonyl (C=O) groups is 2. The normalized spacial score (nSPS) is 20.4. The van der Waals surface area contributed by atoms with Crippen molar-refractivity contribution in [3.63, 3.8) is 0 Å². The average Bonchev–Trinajstić information content (AvgIpc) is 2.59. The molecule has 0 aromatic rings. The molecule has 1 amide bonds. The number of amides is 1. The molecular weight excluding hydrogens is 232 g/mol. The van der Waals surface area contributed by atoms with Crippen LogP contribution in [-0.2, 0) is 9.59 Å². The largest absolute Gasteiger partial charge is 0.480 e. The Kier molecular flexibility index (Phi) is 4.37. The molecule has 0 aliphatic heterocycles. The summed E-state index contributed by atoms with van der Waals surface area (Å²) >= 11 is 0. The Morgan fingerprint density at radius 3 is 2.22 bits per heavy atom. The van der Waals surface area contributed by atoms with Gasteiger partial charge in [-0.3, -0.25) is 4.79 Å². The van der Waals surface area contributed by atoms with Crippen molar-refractivity contribution in [1.82, 2.24) is 5.32 Å². The predicted molar refractivity (Wildman–Crippen MR) is 69.0 cm³/mol. The lowest BCUT2D eigenvalue weighted by molar-refractivity contribution is -0.145. The number of hydrogen-bond donors (Lipinski definition) is 3. The molecule has 0 aromatic carbocycles. The molecule has 0 unspecified atom stereocenters. The van der Waals surface area contributed by atoms with Crippen LogP contribution in [0.1, 0.15) is 52.9 Å². The molecule has 0 bridgehead atoms. The van der Waals surface area contributed by atoms with Gasteiger partial charge >= 0.3 is 5.97 Å². The van der Waals surface area contributed by atoms with Gasteiger partial charge in [-0.15, -0.1) is 0 Å². The molecule has 0 aromatic heterocycles. The maximum Gasteiger partial charge on any atom is 0.326 e. The van der Waals surface area contributed by atoms with E-state index >= 15 is 0 Å². The smallest absolute Gasteiger partial charge is 0.326 e. The SMILES string of the molecule is CC(C)(C)[C@@H](NC(=O)CC1(N)CCCC1)C(=O)O. The average molecular weight is 256 g/mol. The lowest BCUT2D eigenvalue weighted by Gasteiger charge is -2.30. The minimum Gasteiger partial charge on any atom is -0.480 e. The number of hydrogen-bond acceptors (Lipinski definition) is 3. The molecule has 1 atom stereocenters. The fraction of sp³-hybridized carbons (Fsp3) is 0.846. The van der Waals surface area contributed by atoms with E-state index in [0.29, 0.717) is 0 Å². The molecule has 4 N–H and O–H groups in total. The zero-order valence-electron chi connectivity index (χ0n) is 11.5. The van der Waals surface area contributed by atoms with E-state index in [-0.39, 0.29) is 12.3 Å². The van der Waals surface area contributed by atoms with Gasteiger partial charge in [-0.25, -0.2) is 4.79 Å². The van der Waals surface area contributed by atoms with Crippen LogP contribution >= 0.6 is 0 Å². The Balaban J connectivity index is 2.60. The molecule has 5 nitrogen and oxygen atoms in total. The van der Waals surface area contributed by atoms with Crippen molar-refractivity contribution in [1.29, 1.82) is 0 Å². The Labute approximate surface area is 108 Å². The molecule has 1 fully saturated rings. The molecule has 1 aliphatic rings. The van der Waals surface area contributed by atoms with Crippen molar-refractivity contribution in [3.05, 3.63) is 0 Å². The summed E-state index contributed by atoms with van der Waals surface area (Å²) in [7, 11) is 0. The van der Waals surface area contributed by atoms with E-state index in [1.54, 1.807) is 20.8 Å². The van der Waals surface area contributed by atoms with Gasteiger partial charge in [0, 0.05) is 12.0 Å². The van der Waals surface area contributed by atoms with Crippen LogP contribution in [0, 0.1) is 5.41 Å². The standard InChI is InChI=1S/C13H24N2O3/c1-12(2,3)10(11(17)18)15-9(16)8-13(14)6-4-5-7-13/h10H,4-8,14H2,1-3H3,(H,15,16)(H,17,18)/t10-/m0/s1. The number of carbonyl (C=O) groups excluding carboxylic acids is 1. The van der Waals surface area contributed by atoms with E-state index in [2.05, 4.69) is 5.32 Å². The summed E-state index contributed by atoms with van der Waals surface area (Å²) in [6.45, 7) is 5.37. The molecule has 1 aliphatic carbocycles. The quantitative estimate of drug-likeness (QED) is 0.706. The van der Waals surface area contributed by atoms with Crippen LogP contribution < -0.4 is 11.1 Å². The second-order valence-electron chi connectivity index (χ2n) is 6.45. The van der Waals surface area contributed by atoms with E-state index in [9.17, 15) is 9.59 Å². The summed E-state index contributed by atoms with van der Waals surface area (Å²) in [6.07, 6.45) is 3.99. The van der Waals surface area contributed by atoms with Gasteiger partial charge < -0.3 is 16.2 Å². The molecule has 0 spiro atoms. The van der Waals surface area contributed by atoms with Gasteiger partial charge in [-0.2, -0.15) is 0 Å². The van der Waals surface area contributed by atoms with Crippen molar-refractivity contribution in [2.75, 3.05) is 0 Å². The number of aliphatic carboxylic acids is 1. The van der Waals surface area contributed by atoms with Crippen molar-refractivity contribution in [3.8, 4) is 0 Å². The third kappa shape index (κ3) is 3.98. The second kappa shape index (κ2) is 5.26. The van der Waals surface area contributed by atoms with Crippen molar-refractivity contribution < 1.29 is 14.7 Å². The summed E-state index contributed by atoms with van der Waals surface area (Å²) < 4.78 is 0. The van der Waals surface area contributed by atoms with Crippen molar-refractivity contribution >= 4 is 11.9 Å². The first-order chi connectivity index (χ1) is 8.14. The van der Waals surface area contributed by atoms with Gasteiger partial charge in [0.25, 0.3) is 0 Å². The Morgan fingerprint density at radius 1 is 1.33 bits per heavy atom. The number of carboxylic acids is 1. The first kappa shape index (κ1) is 15.0. The van der Waals surface area contributed by atoms with E-state index in [1.807, 2.05) is 0 Å². The highest BCUT2D eigenvalue weighted by Gasteiger charge is 2.36. The Bertz CT molecular complexity index is 328. The van der Waals surface area contributed by atoms with Crippen LogP contribution in [0.2, 0.25) is 0 Å². The number of nitrogens with two attached hydrogens (primary N) is 1. The highest BCUT2D eigenvalue weighted by Crippen LogP contribution is 2.30. The molecule has 0 saturated heterocycles. The monoisotopic (exact) mass is 256 g/mol. The van der Waals surface area contributed by atoms with Crippen LogP contribution in [0.4, 0.5) is 0 Å². The first-order valence-electron chi connectivity index (χ1n) is 6.45. The van der Waals surface area contributed by atoms with Crippen molar-refractivity contribution in [2.45, 2.75) is 64.5 Å². The predicted octanol–water partition coefficient (Wildman–Crippen LogP) is 1.26. The molecule has 5 heteroatoms. The van der Waals surface area contributed by atoms with E-state index < -0.39 is 23.0 Å². The number of rotatable bonds is 4. The summed E-state index contributed by atoms with van der Waals surface area (Å²) in [4.78, 5) is 23.1. The second-order valence-corrected chi connectivity index (χ2v) is 6.45. The van der Waals surface area contributed by atoms with Gasteiger partial charge in [0.05, 0.1) is 0 Å². The summed E-state index contributed by atoms with van der Waals surface area (Å²) in [5.74, 6) is -1.27. The van der Waals surface area contributed by atoms with Crippen LogP contribution in [0.25, 0.3) is 0 Å². The van der Waals surface area contributed by atoms with Gasteiger partial charge in [-0.05, 0) is 18.3 Å². The maximum absolute atomic E-state index is 11.9. The molecule has 1 saturated carbocycles. The van der Waals surface area contributed by atoms with Crippen LogP contribution in [-0.4, -0.2) is 28.6 Å². The zero-order chi connectivity index (χ0) is 14.0. The fourth-order valence-corrected chi connectivity index (χ4v) is 2.44. The fourth-order valence-electron chi connectivity index (χ4n) is 2.44. The third-order valence-electron chi connectivity index (χ3n) is 3.53. The molecule has 1 rings (SSSR count). The minimum atomic E-state index is -1.01. The summed E-state index contributed by atoms with van der Waals surface area (Å²) in [5, 5.41) is 11.7. The van der Waals surface area contributed by atoms with Gasteiger partial charge in [0.2, 0.25) is 5.91 Å². The Morgan fingerprint density at radius 2 is 1.83 bits per heavy atom. The van der Waals surface area contributed by atoms with Gasteiger partial charge in [0.1, 0.15) is 6.04 Å². The van der Waals surface area contributed by atoms with Crippen LogP contribution in [0.5, 0.6) is 0 Å². The first-order valence-corrected chi connectivity index (χ1v) is 6.45. The lowest BCUT2D eigenvalue weighted by atomic mass is 9.86. The minimum absolute atomic E-state index is 0.215. The maximum atomic E-state index is 11.9. The molecule has 104 valence electrons. The Hall–Kier alpha value is -1.10. The molecule has 0 radical (unpaired) electrons. The molecular formula is C13H24N2O3. The third-order valence-corrected chi connectivity index (χ3v) is 3.53. The topological polar surface area (TPSA) is 92.4 Å². The van der Waals surface area contributed by atoms with E-state index in [0.717, 1.165) is 25.7 Å². The van der Waals surface area contributed by atoms with Crippen LogP contribution in [0.3, 0.4) is 0 Å². The lowest BCUT2D eigenvalue weighted by Crippen LogP contribution is -2.51. The summed E-state index contributed by atoms with van der Waals surface area (Å²) in [6, 6.07) is -0.880. The highest BCUT2D eigenvalue weighted by molar-refractivity contribution is 5.84. The van der Waals surface area contributed by atoms with Gasteiger partial charge in [-0.1, -0.05) is 33.6 Å².